The zero-order valence-electron chi connectivity index (χ0n) is 14.8. The fourth-order valence-corrected chi connectivity index (χ4v) is 2.70. The minimum atomic E-state index is -0.581. The highest BCUT2D eigenvalue weighted by atomic mass is 35.5. The summed E-state index contributed by atoms with van der Waals surface area (Å²) in [6.07, 6.45) is 1.24. The molecule has 2 rings (SSSR count). The van der Waals surface area contributed by atoms with E-state index < -0.39 is 11.7 Å². The number of ether oxygens (including phenoxy) is 1. The first-order valence-electron chi connectivity index (χ1n) is 7.84. The number of benzene rings is 1. The molecule has 0 saturated carbocycles. The number of carbonyl (C=O) groups excluding carboxylic acids is 1. The molecule has 0 atom stereocenters. The third-order valence-corrected chi connectivity index (χ3v) is 3.51. The molecule has 1 heterocycles. The summed E-state index contributed by atoms with van der Waals surface area (Å²) in [6.45, 7) is 9.77. The van der Waals surface area contributed by atoms with Crippen molar-refractivity contribution in [1.29, 1.82) is 0 Å². The minimum Gasteiger partial charge on any atom is -0.443 e. The topological polar surface area (TPSA) is 42.4 Å². The van der Waals surface area contributed by atoms with Crippen LogP contribution in [0.1, 0.15) is 37.5 Å². The smallest absolute Gasteiger partial charge is 0.416 e. The van der Waals surface area contributed by atoms with Gasteiger partial charge in [-0.3, -0.25) is 4.90 Å². The molecule has 0 saturated heterocycles. The molecule has 0 aliphatic heterocycles. The van der Waals surface area contributed by atoms with Crippen molar-refractivity contribution in [1.82, 2.24) is 4.98 Å². The summed E-state index contributed by atoms with van der Waals surface area (Å²) in [5.74, 6) is 0.587. The summed E-state index contributed by atoms with van der Waals surface area (Å²) in [6, 6.07) is 9.50. The van der Waals surface area contributed by atoms with Gasteiger partial charge in [0.2, 0.25) is 0 Å². The van der Waals surface area contributed by atoms with Crippen LogP contribution in [0.2, 0.25) is 5.02 Å². The average molecular weight is 347 g/mol. The van der Waals surface area contributed by atoms with Gasteiger partial charge in [0.05, 0.1) is 6.54 Å². The molecular formula is C19H23ClN2O2. The fraction of sp³-hybridized carbons (Fsp3) is 0.368. The number of hydrogen-bond acceptors (Lipinski definition) is 3. The van der Waals surface area contributed by atoms with Crippen LogP contribution < -0.4 is 4.90 Å². The molecule has 128 valence electrons. The standard InChI is InChI=1S/C19H23ClN2O2/c1-13-9-15(11-16(20)10-13)12-22(18(23)24-19(3,4)5)17-14(2)7-6-8-21-17/h6-11H,12H2,1-5H3. The van der Waals surface area contributed by atoms with Crippen molar-refractivity contribution in [2.45, 2.75) is 46.8 Å². The van der Waals surface area contributed by atoms with Crippen molar-refractivity contribution in [2.24, 2.45) is 0 Å². The van der Waals surface area contributed by atoms with Gasteiger partial charge in [-0.25, -0.2) is 9.78 Å². The summed E-state index contributed by atoms with van der Waals surface area (Å²) in [4.78, 5) is 18.6. The Hall–Kier alpha value is -2.07. The predicted molar refractivity (Wildman–Crippen MR) is 97.6 cm³/mol. The van der Waals surface area contributed by atoms with Gasteiger partial charge in [-0.2, -0.15) is 0 Å². The Morgan fingerprint density at radius 3 is 2.54 bits per heavy atom. The van der Waals surface area contributed by atoms with Crippen LogP contribution in [0.25, 0.3) is 0 Å². The van der Waals surface area contributed by atoms with Crippen molar-refractivity contribution < 1.29 is 9.53 Å². The fourth-order valence-electron chi connectivity index (χ4n) is 2.39. The first-order chi connectivity index (χ1) is 11.2. The highest BCUT2D eigenvalue weighted by Gasteiger charge is 2.25. The molecular weight excluding hydrogens is 324 g/mol. The largest absolute Gasteiger partial charge is 0.443 e. The Morgan fingerprint density at radius 1 is 1.25 bits per heavy atom. The second kappa shape index (κ2) is 7.22. The Kier molecular flexibility index (Phi) is 5.50. The van der Waals surface area contributed by atoms with Crippen molar-refractivity contribution >= 4 is 23.5 Å². The van der Waals surface area contributed by atoms with Crippen molar-refractivity contribution in [2.75, 3.05) is 4.90 Å². The molecule has 0 fully saturated rings. The molecule has 4 nitrogen and oxygen atoms in total. The second-order valence-electron chi connectivity index (χ2n) is 6.85. The van der Waals surface area contributed by atoms with Crippen LogP contribution in [-0.2, 0) is 11.3 Å². The molecule has 0 radical (unpaired) electrons. The molecule has 1 amide bonds. The maximum atomic E-state index is 12.7. The van der Waals surface area contributed by atoms with E-state index in [1.807, 2.05) is 65.0 Å². The predicted octanol–water partition coefficient (Wildman–Crippen LogP) is 5.29. The number of halogens is 1. The summed E-state index contributed by atoms with van der Waals surface area (Å²) in [5, 5.41) is 0.645. The first-order valence-corrected chi connectivity index (χ1v) is 8.22. The number of rotatable bonds is 3. The molecule has 0 unspecified atom stereocenters. The first kappa shape index (κ1) is 18.3. The zero-order chi connectivity index (χ0) is 17.9. The van der Waals surface area contributed by atoms with E-state index in [1.54, 1.807) is 11.1 Å². The molecule has 0 bridgehead atoms. The number of nitrogens with zero attached hydrogens (tertiary/aromatic N) is 2. The number of hydrogen-bond donors (Lipinski definition) is 0. The number of pyridine rings is 1. The molecule has 2 aromatic rings. The highest BCUT2D eigenvalue weighted by molar-refractivity contribution is 6.30. The lowest BCUT2D eigenvalue weighted by Crippen LogP contribution is -2.37. The Labute approximate surface area is 148 Å². The van der Waals surface area contributed by atoms with Crippen LogP contribution in [0, 0.1) is 13.8 Å². The third-order valence-electron chi connectivity index (χ3n) is 3.29. The normalized spacial score (nSPS) is 11.2. The lowest BCUT2D eigenvalue weighted by atomic mass is 10.1. The lowest BCUT2D eigenvalue weighted by molar-refractivity contribution is 0.0576. The Bertz CT molecular complexity index is 718. The highest BCUT2D eigenvalue weighted by Crippen LogP contribution is 2.23. The lowest BCUT2D eigenvalue weighted by Gasteiger charge is -2.27. The number of anilines is 1. The van der Waals surface area contributed by atoms with E-state index in [0.717, 1.165) is 16.7 Å². The van der Waals surface area contributed by atoms with Gasteiger partial charge in [0, 0.05) is 11.2 Å². The van der Waals surface area contributed by atoms with Crippen LogP contribution in [-0.4, -0.2) is 16.7 Å². The van der Waals surface area contributed by atoms with Crippen molar-refractivity contribution in [3.63, 3.8) is 0 Å². The minimum absolute atomic E-state index is 0.341. The second-order valence-corrected chi connectivity index (χ2v) is 7.28. The SMILES string of the molecule is Cc1cc(Cl)cc(CN(C(=O)OC(C)(C)C)c2ncccc2C)c1. The van der Waals surface area contributed by atoms with Crippen LogP contribution in [0.4, 0.5) is 10.6 Å². The number of aryl methyl sites for hydroxylation is 2. The molecule has 1 aromatic carbocycles. The molecule has 24 heavy (non-hydrogen) atoms. The zero-order valence-corrected chi connectivity index (χ0v) is 15.5. The molecule has 1 aromatic heterocycles. The van der Waals surface area contributed by atoms with Crippen molar-refractivity contribution in [3.05, 3.63) is 58.2 Å². The molecule has 0 aliphatic rings. The van der Waals surface area contributed by atoms with E-state index >= 15 is 0 Å². The number of amides is 1. The summed E-state index contributed by atoms with van der Waals surface area (Å²) < 4.78 is 5.56. The molecule has 5 heteroatoms. The maximum Gasteiger partial charge on any atom is 0.416 e. The van der Waals surface area contributed by atoms with Gasteiger partial charge >= 0.3 is 6.09 Å². The molecule has 0 N–H and O–H groups in total. The monoisotopic (exact) mass is 346 g/mol. The molecule has 0 spiro atoms. The summed E-state index contributed by atoms with van der Waals surface area (Å²) in [5.41, 5.74) is 2.29. The van der Waals surface area contributed by atoms with Gasteiger partial charge in [0.1, 0.15) is 11.4 Å². The van der Waals surface area contributed by atoms with Gasteiger partial charge in [-0.05, 0) is 69.5 Å². The van der Waals surface area contributed by atoms with Gasteiger partial charge in [0.25, 0.3) is 0 Å². The van der Waals surface area contributed by atoms with E-state index in [0.29, 0.717) is 17.4 Å². The average Bonchev–Trinajstić information content (AvgIpc) is 2.42. The van der Waals surface area contributed by atoms with Crippen LogP contribution >= 0.6 is 11.6 Å². The van der Waals surface area contributed by atoms with Gasteiger partial charge in [-0.15, -0.1) is 0 Å². The van der Waals surface area contributed by atoms with Crippen molar-refractivity contribution in [3.8, 4) is 0 Å². The summed E-state index contributed by atoms with van der Waals surface area (Å²) in [7, 11) is 0. The van der Waals surface area contributed by atoms with E-state index in [9.17, 15) is 4.79 Å². The van der Waals surface area contributed by atoms with E-state index in [-0.39, 0.29) is 0 Å². The third kappa shape index (κ3) is 4.96. The van der Waals surface area contributed by atoms with E-state index in [4.69, 9.17) is 16.3 Å². The van der Waals surface area contributed by atoms with Crippen LogP contribution in [0.5, 0.6) is 0 Å². The van der Waals surface area contributed by atoms with Gasteiger partial charge in [-0.1, -0.05) is 23.7 Å². The Morgan fingerprint density at radius 2 is 1.96 bits per heavy atom. The van der Waals surface area contributed by atoms with Crippen LogP contribution in [0.3, 0.4) is 0 Å². The maximum absolute atomic E-state index is 12.7. The van der Waals surface area contributed by atoms with Gasteiger partial charge < -0.3 is 4.74 Å². The van der Waals surface area contributed by atoms with E-state index in [2.05, 4.69) is 4.98 Å². The number of carbonyl (C=O) groups is 1. The number of aromatic nitrogens is 1. The summed E-state index contributed by atoms with van der Waals surface area (Å²) >= 11 is 6.15. The quantitative estimate of drug-likeness (QED) is 0.757. The van der Waals surface area contributed by atoms with Gasteiger partial charge in [0.15, 0.2) is 0 Å². The van der Waals surface area contributed by atoms with Crippen LogP contribution in [0.15, 0.2) is 36.5 Å². The Balaban J connectivity index is 2.39. The molecule has 0 aliphatic carbocycles. The van der Waals surface area contributed by atoms with E-state index in [1.165, 1.54) is 0 Å².